The summed E-state index contributed by atoms with van der Waals surface area (Å²) in [6, 6.07) is 3.10. The molecule has 7 heteroatoms. The molecule has 1 aliphatic rings. The molecule has 0 aromatic carbocycles. The number of hydrogen-bond donors (Lipinski definition) is 2. The number of aromatic nitrogens is 1. The van der Waals surface area contributed by atoms with Crippen molar-refractivity contribution >= 4 is 34.9 Å². The smallest absolute Gasteiger partial charge is 0.229 e. The Morgan fingerprint density at radius 3 is 2.82 bits per heavy atom. The molecule has 17 heavy (non-hydrogen) atoms. The number of primary amides is 1. The number of nitrogens with zero attached hydrogens (tertiary/aromatic N) is 2. The Morgan fingerprint density at radius 2 is 2.24 bits per heavy atom. The second-order valence-corrected chi connectivity index (χ2v) is 4.24. The molecule has 4 N–H and O–H groups in total. The van der Waals surface area contributed by atoms with E-state index in [-0.39, 0.29) is 29.8 Å². The van der Waals surface area contributed by atoms with Gasteiger partial charge in [0, 0.05) is 13.0 Å². The quantitative estimate of drug-likeness (QED) is 0.734. The predicted octanol–water partition coefficient (Wildman–Crippen LogP) is 0.155. The first kappa shape index (κ1) is 11.7. The van der Waals surface area contributed by atoms with Crippen LogP contribution in [0.2, 0.25) is 5.15 Å². The van der Waals surface area contributed by atoms with Crippen LogP contribution in [-0.4, -0.2) is 23.3 Å². The highest BCUT2D eigenvalue weighted by molar-refractivity contribution is 6.29. The van der Waals surface area contributed by atoms with Crippen molar-refractivity contribution in [2.24, 2.45) is 11.7 Å². The lowest BCUT2D eigenvalue weighted by molar-refractivity contribution is -0.123. The minimum absolute atomic E-state index is 0.0863. The Kier molecular flexibility index (Phi) is 2.89. The molecule has 1 aromatic heterocycles. The largest absolute Gasteiger partial charge is 0.396 e. The van der Waals surface area contributed by atoms with Gasteiger partial charge in [0.25, 0.3) is 0 Å². The molecule has 0 bridgehead atoms. The van der Waals surface area contributed by atoms with E-state index in [4.69, 9.17) is 23.1 Å². The van der Waals surface area contributed by atoms with Gasteiger partial charge in [0.2, 0.25) is 11.8 Å². The van der Waals surface area contributed by atoms with Gasteiger partial charge in [0.15, 0.2) is 5.82 Å². The molecule has 2 heterocycles. The molecular formula is C10H11ClN4O2. The number of hydrogen-bond acceptors (Lipinski definition) is 4. The molecule has 0 saturated carbocycles. The van der Waals surface area contributed by atoms with Crippen molar-refractivity contribution in [3.63, 3.8) is 0 Å². The summed E-state index contributed by atoms with van der Waals surface area (Å²) < 4.78 is 0. The van der Waals surface area contributed by atoms with Gasteiger partial charge in [-0.15, -0.1) is 0 Å². The third-order valence-electron chi connectivity index (χ3n) is 2.65. The first-order valence-electron chi connectivity index (χ1n) is 5.00. The van der Waals surface area contributed by atoms with Crippen molar-refractivity contribution in [3.05, 3.63) is 17.3 Å². The maximum absolute atomic E-state index is 11.7. The minimum atomic E-state index is -0.499. The second kappa shape index (κ2) is 4.21. The number of nitrogens with two attached hydrogens (primary N) is 2. The SMILES string of the molecule is NC(=O)C1CC(=O)N(c2nc(Cl)ccc2N)C1. The van der Waals surface area contributed by atoms with E-state index in [1.807, 2.05) is 0 Å². The molecule has 90 valence electrons. The Labute approximate surface area is 103 Å². The van der Waals surface area contributed by atoms with Crippen molar-refractivity contribution < 1.29 is 9.59 Å². The zero-order chi connectivity index (χ0) is 12.6. The van der Waals surface area contributed by atoms with E-state index in [1.54, 1.807) is 6.07 Å². The zero-order valence-electron chi connectivity index (χ0n) is 8.89. The fourth-order valence-electron chi connectivity index (χ4n) is 1.76. The van der Waals surface area contributed by atoms with Crippen LogP contribution >= 0.6 is 11.6 Å². The number of nitrogen functional groups attached to an aromatic ring is 1. The molecule has 0 spiro atoms. The highest BCUT2D eigenvalue weighted by Gasteiger charge is 2.35. The van der Waals surface area contributed by atoms with Gasteiger partial charge in [0.1, 0.15) is 5.15 Å². The Hall–Kier alpha value is -1.82. The van der Waals surface area contributed by atoms with E-state index in [2.05, 4.69) is 4.98 Å². The summed E-state index contributed by atoms with van der Waals surface area (Å²) in [5.41, 5.74) is 11.2. The summed E-state index contributed by atoms with van der Waals surface area (Å²) in [6.07, 6.45) is 0.0863. The molecular weight excluding hydrogens is 244 g/mol. The van der Waals surface area contributed by atoms with Gasteiger partial charge in [-0.05, 0) is 12.1 Å². The highest BCUT2D eigenvalue weighted by atomic mass is 35.5. The zero-order valence-corrected chi connectivity index (χ0v) is 9.65. The summed E-state index contributed by atoms with van der Waals surface area (Å²) in [4.78, 5) is 28.1. The minimum Gasteiger partial charge on any atom is -0.396 e. The molecule has 2 amide bonds. The van der Waals surface area contributed by atoms with E-state index in [9.17, 15) is 9.59 Å². The standard InChI is InChI=1S/C10H11ClN4O2/c11-7-2-1-6(12)10(14-7)15-4-5(9(13)17)3-8(15)16/h1-2,5H,3-4,12H2,(H2,13,17). The maximum atomic E-state index is 11.7. The van der Waals surface area contributed by atoms with Crippen LogP contribution in [0.3, 0.4) is 0 Å². The fourth-order valence-corrected chi connectivity index (χ4v) is 1.90. The molecule has 1 atom stereocenters. The first-order valence-corrected chi connectivity index (χ1v) is 5.38. The maximum Gasteiger partial charge on any atom is 0.229 e. The summed E-state index contributed by atoms with van der Waals surface area (Å²) in [7, 11) is 0. The van der Waals surface area contributed by atoms with Crippen LogP contribution in [0.15, 0.2) is 12.1 Å². The number of rotatable bonds is 2. The van der Waals surface area contributed by atoms with Gasteiger partial charge in [-0.2, -0.15) is 0 Å². The molecule has 1 unspecified atom stereocenters. The predicted molar refractivity (Wildman–Crippen MR) is 63.3 cm³/mol. The van der Waals surface area contributed by atoms with Crippen LogP contribution in [0.25, 0.3) is 0 Å². The lowest BCUT2D eigenvalue weighted by Gasteiger charge is -2.17. The van der Waals surface area contributed by atoms with Gasteiger partial charge < -0.3 is 11.5 Å². The van der Waals surface area contributed by atoms with Gasteiger partial charge in [-0.3, -0.25) is 14.5 Å². The van der Waals surface area contributed by atoms with Crippen molar-refractivity contribution in [2.75, 3.05) is 17.2 Å². The fraction of sp³-hybridized carbons (Fsp3) is 0.300. The number of anilines is 2. The summed E-state index contributed by atoms with van der Waals surface area (Å²) in [5, 5.41) is 0.240. The average molecular weight is 255 g/mol. The van der Waals surface area contributed by atoms with E-state index in [0.29, 0.717) is 5.69 Å². The number of carbonyl (C=O) groups is 2. The lowest BCUT2D eigenvalue weighted by atomic mass is 10.1. The van der Waals surface area contributed by atoms with Crippen LogP contribution in [-0.2, 0) is 9.59 Å². The normalized spacial score (nSPS) is 19.7. The van der Waals surface area contributed by atoms with Crippen LogP contribution in [0.4, 0.5) is 11.5 Å². The number of pyridine rings is 1. The van der Waals surface area contributed by atoms with Crippen molar-refractivity contribution in [1.29, 1.82) is 0 Å². The van der Waals surface area contributed by atoms with E-state index in [0.717, 1.165) is 0 Å². The van der Waals surface area contributed by atoms with Gasteiger partial charge in [0.05, 0.1) is 11.6 Å². The van der Waals surface area contributed by atoms with Crippen molar-refractivity contribution in [3.8, 4) is 0 Å². The van der Waals surface area contributed by atoms with Crippen molar-refractivity contribution in [2.45, 2.75) is 6.42 Å². The Morgan fingerprint density at radius 1 is 1.53 bits per heavy atom. The van der Waals surface area contributed by atoms with Crippen molar-refractivity contribution in [1.82, 2.24) is 4.98 Å². The molecule has 1 saturated heterocycles. The number of halogens is 1. The monoisotopic (exact) mass is 254 g/mol. The van der Waals surface area contributed by atoms with E-state index < -0.39 is 11.8 Å². The van der Waals surface area contributed by atoms with E-state index >= 15 is 0 Å². The Bertz CT molecular complexity index is 491. The lowest BCUT2D eigenvalue weighted by Crippen LogP contribution is -2.29. The topological polar surface area (TPSA) is 102 Å². The van der Waals surface area contributed by atoms with Crippen LogP contribution < -0.4 is 16.4 Å². The first-order chi connectivity index (χ1) is 7.99. The molecule has 0 aliphatic carbocycles. The molecule has 1 fully saturated rings. The summed E-state index contributed by atoms with van der Waals surface area (Å²) in [6.45, 7) is 0.200. The second-order valence-electron chi connectivity index (χ2n) is 3.85. The molecule has 6 nitrogen and oxygen atoms in total. The average Bonchev–Trinajstić information content (AvgIpc) is 2.64. The molecule has 2 rings (SSSR count). The van der Waals surface area contributed by atoms with E-state index in [1.165, 1.54) is 11.0 Å². The van der Waals surface area contributed by atoms with Gasteiger partial charge in [-0.25, -0.2) is 4.98 Å². The number of carbonyl (C=O) groups excluding carboxylic acids is 2. The summed E-state index contributed by atoms with van der Waals surface area (Å²) in [5.74, 6) is -0.939. The summed E-state index contributed by atoms with van der Waals surface area (Å²) >= 11 is 5.75. The van der Waals surface area contributed by atoms with Crippen LogP contribution in [0.1, 0.15) is 6.42 Å². The highest BCUT2D eigenvalue weighted by Crippen LogP contribution is 2.28. The van der Waals surface area contributed by atoms with Gasteiger partial charge in [-0.1, -0.05) is 11.6 Å². The molecule has 1 aliphatic heterocycles. The van der Waals surface area contributed by atoms with Crippen LogP contribution in [0.5, 0.6) is 0 Å². The van der Waals surface area contributed by atoms with Gasteiger partial charge >= 0.3 is 0 Å². The van der Waals surface area contributed by atoms with Crippen LogP contribution in [0, 0.1) is 5.92 Å². The molecule has 0 radical (unpaired) electrons. The third-order valence-corrected chi connectivity index (χ3v) is 2.86. The Balaban J connectivity index is 2.32. The molecule has 1 aromatic rings. The third kappa shape index (κ3) is 2.16. The number of amides is 2.